The minimum absolute atomic E-state index is 0.311. The normalized spacial score (nSPS) is 13.7. The predicted octanol–water partition coefficient (Wildman–Crippen LogP) is 4.07. The molecule has 0 aliphatic rings. The summed E-state index contributed by atoms with van der Waals surface area (Å²) in [6, 6.07) is 7.68. The average molecular weight is 326 g/mol. The monoisotopic (exact) mass is 326 g/mol. The highest BCUT2D eigenvalue weighted by atomic mass is 19.3. The molecule has 0 spiro atoms. The van der Waals surface area contributed by atoms with E-state index in [1.807, 2.05) is 0 Å². The van der Waals surface area contributed by atoms with Gasteiger partial charge in [-0.1, -0.05) is 30.3 Å². The van der Waals surface area contributed by atoms with Crippen LogP contribution in [-0.2, 0) is 21.0 Å². The lowest BCUT2D eigenvalue weighted by Gasteiger charge is -2.21. The molecular formula is C14H15F5O3. The molecule has 1 aromatic rings. The van der Waals surface area contributed by atoms with E-state index >= 15 is 0 Å². The zero-order valence-corrected chi connectivity index (χ0v) is 11.7. The molecule has 0 aliphatic carbocycles. The number of alkyl halides is 5. The van der Waals surface area contributed by atoms with Crippen molar-refractivity contribution >= 4 is 5.97 Å². The highest BCUT2D eigenvalue weighted by Gasteiger charge is 2.45. The second-order valence-electron chi connectivity index (χ2n) is 4.74. The molecule has 1 rings (SSSR count). The number of carbonyl (C=O) groups excluding carboxylic acids is 1. The van der Waals surface area contributed by atoms with E-state index in [0.29, 0.717) is 5.56 Å². The molecule has 1 aromatic carbocycles. The van der Waals surface area contributed by atoms with Crippen molar-refractivity contribution in [3.05, 3.63) is 35.9 Å². The van der Waals surface area contributed by atoms with Gasteiger partial charge in [-0.25, -0.2) is 18.0 Å². The summed E-state index contributed by atoms with van der Waals surface area (Å²) in [5.41, 5.74) is 0.311. The summed E-state index contributed by atoms with van der Waals surface area (Å²) in [5.74, 6) is -4.55. The fourth-order valence-corrected chi connectivity index (χ4v) is 1.66. The first kappa shape index (κ1) is 18.3. The number of halogens is 5. The molecular weight excluding hydrogens is 311 g/mol. The lowest BCUT2D eigenvalue weighted by molar-refractivity contribution is -0.429. The van der Waals surface area contributed by atoms with Gasteiger partial charge in [0.15, 0.2) is 6.17 Å². The summed E-state index contributed by atoms with van der Waals surface area (Å²) >= 11 is 0. The number of benzene rings is 1. The van der Waals surface area contributed by atoms with Crippen molar-refractivity contribution in [3.63, 3.8) is 0 Å². The first-order valence-electron chi connectivity index (χ1n) is 6.42. The zero-order valence-electron chi connectivity index (χ0n) is 11.7. The number of hydrogen-bond donors (Lipinski definition) is 0. The van der Waals surface area contributed by atoms with E-state index in [1.165, 1.54) is 12.1 Å². The van der Waals surface area contributed by atoms with Crippen LogP contribution in [0.25, 0.3) is 0 Å². The predicted molar refractivity (Wildman–Crippen MR) is 67.0 cm³/mol. The first-order chi connectivity index (χ1) is 10.1. The van der Waals surface area contributed by atoms with E-state index in [9.17, 15) is 26.7 Å². The summed E-state index contributed by atoms with van der Waals surface area (Å²) in [6.07, 6.45) is -10.4. The Bertz CT molecular complexity index is 479. The molecule has 3 nitrogen and oxygen atoms in total. The van der Waals surface area contributed by atoms with E-state index in [-0.39, 0.29) is 0 Å². The third-order valence-electron chi connectivity index (χ3n) is 2.70. The van der Waals surface area contributed by atoms with Gasteiger partial charge in [-0.2, -0.15) is 8.78 Å². The smallest absolute Gasteiger partial charge is 0.293 e. The number of rotatable bonds is 8. The van der Waals surface area contributed by atoms with Crippen LogP contribution in [0.3, 0.4) is 0 Å². The van der Waals surface area contributed by atoms with Crippen molar-refractivity contribution < 1.29 is 36.5 Å². The summed E-state index contributed by atoms with van der Waals surface area (Å²) in [7, 11) is 0. The Morgan fingerprint density at radius 2 is 1.77 bits per heavy atom. The van der Waals surface area contributed by atoms with Crippen LogP contribution >= 0.6 is 0 Å². The molecule has 0 radical (unpaired) electrons. The van der Waals surface area contributed by atoms with Crippen molar-refractivity contribution in [3.8, 4) is 0 Å². The van der Waals surface area contributed by atoms with Gasteiger partial charge >= 0.3 is 12.1 Å². The van der Waals surface area contributed by atoms with Crippen molar-refractivity contribution in [1.82, 2.24) is 0 Å². The maximum Gasteiger partial charge on any atom is 0.421 e. The quantitative estimate of drug-likeness (QED) is 0.410. The van der Waals surface area contributed by atoms with Gasteiger partial charge in [0, 0.05) is 19.8 Å². The molecule has 0 amide bonds. The van der Waals surface area contributed by atoms with Crippen molar-refractivity contribution in [2.45, 2.75) is 44.4 Å². The second-order valence-corrected chi connectivity index (χ2v) is 4.74. The van der Waals surface area contributed by atoms with Crippen molar-refractivity contribution in [1.29, 1.82) is 0 Å². The van der Waals surface area contributed by atoms with E-state index in [1.54, 1.807) is 18.2 Å². The molecule has 0 fully saturated rings. The Labute approximate surface area is 123 Å². The number of carbonyl (C=O) groups is 1. The molecule has 0 heterocycles. The van der Waals surface area contributed by atoms with Gasteiger partial charge in [0.2, 0.25) is 0 Å². The standard InChI is InChI=1S/C14H15F5O3/c1-10(20)21-22-14(18,19)12(15)7-8-13(16,17)9-11-5-3-2-4-6-11/h2-6,12H,7-9H2,1H3. The summed E-state index contributed by atoms with van der Waals surface area (Å²) in [5, 5.41) is 0. The summed E-state index contributed by atoms with van der Waals surface area (Å²) in [4.78, 5) is 17.2. The van der Waals surface area contributed by atoms with Gasteiger partial charge in [-0.15, -0.1) is 4.89 Å². The fourth-order valence-electron chi connectivity index (χ4n) is 1.66. The van der Waals surface area contributed by atoms with E-state index in [2.05, 4.69) is 9.78 Å². The van der Waals surface area contributed by atoms with Gasteiger partial charge in [-0.05, 0) is 12.0 Å². The molecule has 0 aromatic heterocycles. The van der Waals surface area contributed by atoms with Gasteiger partial charge in [-0.3, -0.25) is 4.89 Å². The highest BCUT2D eigenvalue weighted by Crippen LogP contribution is 2.32. The van der Waals surface area contributed by atoms with Crippen LogP contribution in [0.1, 0.15) is 25.3 Å². The van der Waals surface area contributed by atoms with Gasteiger partial charge in [0.05, 0.1) is 0 Å². The van der Waals surface area contributed by atoms with Gasteiger partial charge in [0.1, 0.15) is 0 Å². The SMILES string of the molecule is CC(=O)OOC(F)(F)C(F)CCC(F)(F)Cc1ccccc1. The second kappa shape index (κ2) is 7.53. The summed E-state index contributed by atoms with van der Waals surface area (Å²) < 4.78 is 66.7. The van der Waals surface area contributed by atoms with Gasteiger partial charge in [0.25, 0.3) is 5.92 Å². The maximum absolute atomic E-state index is 13.6. The lowest BCUT2D eigenvalue weighted by Crippen LogP contribution is -2.35. The maximum atomic E-state index is 13.6. The van der Waals surface area contributed by atoms with Crippen LogP contribution in [0.5, 0.6) is 0 Å². The van der Waals surface area contributed by atoms with Gasteiger partial charge < -0.3 is 0 Å². The zero-order chi connectivity index (χ0) is 16.8. The first-order valence-corrected chi connectivity index (χ1v) is 6.42. The molecule has 22 heavy (non-hydrogen) atoms. The third kappa shape index (κ3) is 6.38. The molecule has 0 bridgehead atoms. The van der Waals surface area contributed by atoms with Crippen LogP contribution < -0.4 is 0 Å². The van der Waals surface area contributed by atoms with Crippen LogP contribution in [-0.4, -0.2) is 24.2 Å². The van der Waals surface area contributed by atoms with Crippen LogP contribution in [0.15, 0.2) is 30.3 Å². The summed E-state index contributed by atoms with van der Waals surface area (Å²) in [6.45, 7) is 0.775. The van der Waals surface area contributed by atoms with E-state index in [4.69, 9.17) is 0 Å². The Hall–Kier alpha value is -1.70. The molecule has 8 heteroatoms. The van der Waals surface area contributed by atoms with E-state index in [0.717, 1.165) is 6.92 Å². The van der Waals surface area contributed by atoms with Crippen LogP contribution in [0.4, 0.5) is 22.0 Å². The average Bonchev–Trinajstić information content (AvgIpc) is 2.43. The largest absolute Gasteiger partial charge is 0.421 e. The third-order valence-corrected chi connectivity index (χ3v) is 2.70. The van der Waals surface area contributed by atoms with Crippen molar-refractivity contribution in [2.75, 3.05) is 0 Å². The highest BCUT2D eigenvalue weighted by molar-refractivity contribution is 5.65. The van der Waals surface area contributed by atoms with Crippen molar-refractivity contribution in [2.24, 2.45) is 0 Å². The Morgan fingerprint density at radius 3 is 2.32 bits per heavy atom. The topological polar surface area (TPSA) is 35.5 Å². The minimum Gasteiger partial charge on any atom is -0.293 e. The fraction of sp³-hybridized carbons (Fsp3) is 0.500. The Morgan fingerprint density at radius 1 is 1.18 bits per heavy atom. The van der Waals surface area contributed by atoms with Crippen LogP contribution in [0, 0.1) is 0 Å². The molecule has 0 saturated heterocycles. The molecule has 124 valence electrons. The molecule has 0 saturated carbocycles. The molecule has 0 aliphatic heterocycles. The molecule has 1 unspecified atom stereocenters. The lowest BCUT2D eigenvalue weighted by atomic mass is 10.0. The molecule has 0 N–H and O–H groups in total. The number of hydrogen-bond acceptors (Lipinski definition) is 3. The minimum atomic E-state index is -4.48. The molecule has 1 atom stereocenters. The van der Waals surface area contributed by atoms with Crippen LogP contribution in [0.2, 0.25) is 0 Å². The Balaban J connectivity index is 2.50. The van der Waals surface area contributed by atoms with E-state index < -0.39 is 43.4 Å². The Kier molecular flexibility index (Phi) is 6.28.